The first kappa shape index (κ1) is 21.4. The van der Waals surface area contributed by atoms with Crippen molar-refractivity contribution in [2.75, 3.05) is 5.73 Å². The van der Waals surface area contributed by atoms with Crippen molar-refractivity contribution in [1.82, 2.24) is 24.1 Å². The zero-order chi connectivity index (χ0) is 24.4. The number of halogens is 2. The first-order chi connectivity index (χ1) is 16.9. The number of hydrogen-bond acceptors (Lipinski definition) is 6. The van der Waals surface area contributed by atoms with E-state index < -0.39 is 5.82 Å². The molecule has 8 nitrogen and oxygen atoms in total. The summed E-state index contributed by atoms with van der Waals surface area (Å²) in [6.07, 6.45) is 6.79. The molecule has 0 saturated heterocycles. The molecule has 0 atom stereocenters. The molecule has 0 spiro atoms. The van der Waals surface area contributed by atoms with Crippen LogP contribution in [0.1, 0.15) is 24.0 Å². The van der Waals surface area contributed by atoms with Gasteiger partial charge < -0.3 is 10.5 Å². The standard InChI is InChI=1S/C25H19ClFN7O/c1-12-5-19-18(32-25(29)20-10-30-11-34(19)20)6-14(12)16-9-31-33(2)24(16)22-15(8-28)21(35-13-3-4-13)7-17(26)23(22)27/h5-7,9-11,13H,3-4H2,1-2H3,(H2,29,32). The number of aryl methyl sites for hydroxylation is 2. The maximum atomic E-state index is 15.5. The van der Waals surface area contributed by atoms with E-state index in [1.54, 1.807) is 25.8 Å². The lowest BCUT2D eigenvalue weighted by Crippen LogP contribution is -2.05. The summed E-state index contributed by atoms with van der Waals surface area (Å²) in [6.45, 7) is 1.95. The van der Waals surface area contributed by atoms with Crippen LogP contribution in [0.25, 0.3) is 38.9 Å². The number of anilines is 1. The minimum atomic E-state index is -0.697. The molecule has 1 aliphatic rings. The van der Waals surface area contributed by atoms with Gasteiger partial charge in [-0.15, -0.1) is 0 Å². The third-order valence-electron chi connectivity index (χ3n) is 6.30. The minimum absolute atomic E-state index is 0.0155. The van der Waals surface area contributed by atoms with Crippen molar-refractivity contribution < 1.29 is 9.13 Å². The van der Waals surface area contributed by atoms with Crippen molar-refractivity contribution >= 4 is 34.0 Å². The number of ether oxygens (including phenoxy) is 1. The van der Waals surface area contributed by atoms with Crippen LogP contribution in [0.4, 0.5) is 10.2 Å². The SMILES string of the molecule is Cc1cc2c(cc1-c1cnn(C)c1-c1c(F)c(Cl)cc(OC3CC3)c1C#N)nc(N)c1cncn12. The van der Waals surface area contributed by atoms with Crippen molar-refractivity contribution in [3.63, 3.8) is 0 Å². The number of rotatable bonds is 4. The number of aromatic nitrogens is 5. The van der Waals surface area contributed by atoms with Gasteiger partial charge in [0.2, 0.25) is 0 Å². The molecule has 3 aromatic heterocycles. The summed E-state index contributed by atoms with van der Waals surface area (Å²) in [5.74, 6) is -0.0707. The molecule has 1 saturated carbocycles. The van der Waals surface area contributed by atoms with Crippen LogP contribution in [-0.4, -0.2) is 30.3 Å². The molecule has 3 heterocycles. The Labute approximate surface area is 204 Å². The number of benzene rings is 2. The van der Waals surface area contributed by atoms with Gasteiger partial charge in [-0.05, 0) is 43.0 Å². The Kier molecular flexibility index (Phi) is 4.69. The largest absolute Gasteiger partial charge is 0.489 e. The monoisotopic (exact) mass is 487 g/mol. The fourth-order valence-electron chi connectivity index (χ4n) is 4.44. The molecule has 0 unspecified atom stereocenters. The van der Waals surface area contributed by atoms with E-state index in [0.29, 0.717) is 22.6 Å². The topological polar surface area (TPSA) is 107 Å². The predicted octanol–water partition coefficient (Wildman–Crippen LogP) is 5.05. The molecule has 1 fully saturated rings. The normalized spacial score (nSPS) is 13.5. The fraction of sp³-hybridized carbons (Fsp3) is 0.200. The second-order valence-corrected chi connectivity index (χ2v) is 9.09. The van der Waals surface area contributed by atoms with Gasteiger partial charge >= 0.3 is 0 Å². The van der Waals surface area contributed by atoms with Gasteiger partial charge in [0.05, 0.1) is 52.1 Å². The van der Waals surface area contributed by atoms with Crippen molar-refractivity contribution in [1.29, 1.82) is 5.26 Å². The smallest absolute Gasteiger partial charge is 0.152 e. The first-order valence-electron chi connectivity index (χ1n) is 11.0. The van der Waals surface area contributed by atoms with Gasteiger partial charge in [-0.3, -0.25) is 9.08 Å². The van der Waals surface area contributed by atoms with E-state index in [1.165, 1.54) is 10.7 Å². The Balaban J connectivity index is 1.62. The van der Waals surface area contributed by atoms with E-state index in [0.717, 1.165) is 35.0 Å². The minimum Gasteiger partial charge on any atom is -0.489 e. The van der Waals surface area contributed by atoms with Crippen LogP contribution < -0.4 is 10.5 Å². The zero-order valence-electron chi connectivity index (χ0n) is 18.9. The Morgan fingerprint density at radius 3 is 2.74 bits per heavy atom. The van der Waals surface area contributed by atoms with Crippen molar-refractivity contribution in [3.8, 4) is 34.2 Å². The van der Waals surface area contributed by atoms with Crippen LogP contribution in [0, 0.1) is 24.1 Å². The van der Waals surface area contributed by atoms with Crippen molar-refractivity contribution in [2.45, 2.75) is 25.9 Å². The van der Waals surface area contributed by atoms with Gasteiger partial charge in [0.25, 0.3) is 0 Å². The van der Waals surface area contributed by atoms with Crippen LogP contribution in [-0.2, 0) is 7.05 Å². The third-order valence-corrected chi connectivity index (χ3v) is 6.58. The van der Waals surface area contributed by atoms with Crippen molar-refractivity contribution in [3.05, 3.63) is 58.9 Å². The summed E-state index contributed by atoms with van der Waals surface area (Å²) in [5.41, 5.74) is 11.2. The Morgan fingerprint density at radius 2 is 2.00 bits per heavy atom. The second-order valence-electron chi connectivity index (χ2n) is 8.68. The fourth-order valence-corrected chi connectivity index (χ4v) is 4.64. The highest BCUT2D eigenvalue weighted by atomic mass is 35.5. The van der Waals surface area contributed by atoms with E-state index in [9.17, 15) is 5.26 Å². The molecule has 6 rings (SSSR count). The Hall–Kier alpha value is -4.16. The molecule has 5 aromatic rings. The van der Waals surface area contributed by atoms with Gasteiger partial charge in [0.15, 0.2) is 5.82 Å². The van der Waals surface area contributed by atoms with Gasteiger partial charge in [0, 0.05) is 18.7 Å². The maximum Gasteiger partial charge on any atom is 0.152 e. The van der Waals surface area contributed by atoms with E-state index in [1.807, 2.05) is 23.5 Å². The highest BCUT2D eigenvalue weighted by Gasteiger charge is 2.30. The van der Waals surface area contributed by atoms with E-state index in [4.69, 9.17) is 22.1 Å². The second kappa shape index (κ2) is 7.68. The molecule has 174 valence electrons. The van der Waals surface area contributed by atoms with Gasteiger partial charge in [-0.1, -0.05) is 11.6 Å². The number of nitrogens with two attached hydrogens (primary N) is 1. The number of fused-ring (bicyclic) bond motifs is 3. The first-order valence-corrected chi connectivity index (χ1v) is 11.4. The summed E-state index contributed by atoms with van der Waals surface area (Å²) in [4.78, 5) is 8.74. The van der Waals surface area contributed by atoms with Crippen LogP contribution in [0.2, 0.25) is 5.02 Å². The molecule has 10 heteroatoms. The van der Waals surface area contributed by atoms with E-state index >= 15 is 4.39 Å². The molecule has 0 aliphatic heterocycles. The molecule has 35 heavy (non-hydrogen) atoms. The highest BCUT2D eigenvalue weighted by molar-refractivity contribution is 6.31. The average molecular weight is 488 g/mol. The quantitative estimate of drug-likeness (QED) is 0.380. The lowest BCUT2D eigenvalue weighted by atomic mass is 9.94. The van der Waals surface area contributed by atoms with Gasteiger partial charge in [-0.2, -0.15) is 10.4 Å². The number of hydrogen-bond donors (Lipinski definition) is 1. The number of nitriles is 1. The molecule has 0 amide bonds. The number of imidazole rings is 1. The molecule has 0 bridgehead atoms. The van der Waals surface area contributed by atoms with Crippen molar-refractivity contribution in [2.24, 2.45) is 7.05 Å². The summed E-state index contributed by atoms with van der Waals surface area (Å²) in [5, 5.41) is 14.3. The summed E-state index contributed by atoms with van der Waals surface area (Å²) in [6, 6.07) is 7.36. The van der Waals surface area contributed by atoms with E-state index in [-0.39, 0.29) is 28.0 Å². The van der Waals surface area contributed by atoms with Crippen LogP contribution in [0.5, 0.6) is 5.75 Å². The zero-order valence-corrected chi connectivity index (χ0v) is 19.6. The lowest BCUT2D eigenvalue weighted by Gasteiger charge is -2.16. The van der Waals surface area contributed by atoms with Crippen LogP contribution >= 0.6 is 11.6 Å². The van der Waals surface area contributed by atoms with Crippen LogP contribution in [0.15, 0.2) is 36.9 Å². The number of nitrogens with zero attached hydrogens (tertiary/aromatic N) is 6. The number of nitrogen functional groups attached to an aromatic ring is 1. The third kappa shape index (κ3) is 3.29. The lowest BCUT2D eigenvalue weighted by molar-refractivity contribution is 0.302. The Bertz CT molecular complexity index is 1710. The highest BCUT2D eigenvalue weighted by Crippen LogP contribution is 2.43. The molecule has 0 radical (unpaired) electrons. The predicted molar refractivity (Wildman–Crippen MR) is 131 cm³/mol. The molecular weight excluding hydrogens is 469 g/mol. The summed E-state index contributed by atoms with van der Waals surface area (Å²) >= 11 is 6.26. The summed E-state index contributed by atoms with van der Waals surface area (Å²) in [7, 11) is 1.70. The van der Waals surface area contributed by atoms with Gasteiger partial charge in [0.1, 0.15) is 28.7 Å². The van der Waals surface area contributed by atoms with E-state index in [2.05, 4.69) is 21.1 Å². The summed E-state index contributed by atoms with van der Waals surface area (Å²) < 4.78 is 24.9. The molecule has 2 N–H and O–H groups in total. The molecular formula is C25H19ClFN7O. The van der Waals surface area contributed by atoms with Crippen LogP contribution in [0.3, 0.4) is 0 Å². The average Bonchev–Trinajstić information content (AvgIpc) is 3.35. The molecule has 1 aliphatic carbocycles. The Morgan fingerprint density at radius 1 is 1.20 bits per heavy atom. The molecule has 2 aromatic carbocycles. The van der Waals surface area contributed by atoms with Gasteiger partial charge in [-0.25, -0.2) is 14.4 Å². The maximum absolute atomic E-state index is 15.5.